The highest BCUT2D eigenvalue weighted by Gasteiger charge is 2.13. The summed E-state index contributed by atoms with van der Waals surface area (Å²) in [5, 5.41) is 16.5. The Morgan fingerprint density at radius 3 is 2.36 bits per heavy atom. The first-order valence-electron chi connectivity index (χ1n) is 2.65. The Hall–Kier alpha value is -1.36. The van der Waals surface area contributed by atoms with Gasteiger partial charge in [-0.2, -0.15) is 8.78 Å². The van der Waals surface area contributed by atoms with Crippen LogP contribution in [0.2, 0.25) is 0 Å². The van der Waals surface area contributed by atoms with E-state index in [0.717, 1.165) is 12.1 Å². The Kier molecular flexibility index (Phi) is 1.91. The number of rotatable bonds is 1. The standard InChI is InChI=1S/C6H4F2O3/c7-5-3(9)1-2-4(11-10)6(5)8/h1-2,9-10H. The van der Waals surface area contributed by atoms with E-state index in [1.807, 2.05) is 0 Å². The summed E-state index contributed by atoms with van der Waals surface area (Å²) in [5.41, 5.74) is 0. The number of halogens is 2. The summed E-state index contributed by atoms with van der Waals surface area (Å²) >= 11 is 0. The summed E-state index contributed by atoms with van der Waals surface area (Å²) in [6, 6.07) is 1.76. The van der Waals surface area contributed by atoms with Gasteiger partial charge in [0.2, 0.25) is 17.4 Å². The highest BCUT2D eigenvalue weighted by molar-refractivity contribution is 5.33. The van der Waals surface area contributed by atoms with Crippen LogP contribution in [-0.4, -0.2) is 10.4 Å². The maximum atomic E-state index is 12.4. The monoisotopic (exact) mass is 162 g/mol. The minimum atomic E-state index is -1.45. The second-order valence-corrected chi connectivity index (χ2v) is 1.80. The number of phenolic OH excluding ortho intramolecular Hbond substituents is 1. The predicted octanol–water partition coefficient (Wildman–Crippen LogP) is 1.52. The molecular formula is C6H4F2O3. The van der Waals surface area contributed by atoms with Gasteiger partial charge in [-0.15, -0.1) is 0 Å². The third kappa shape index (κ3) is 1.22. The fraction of sp³-hybridized carbons (Fsp3) is 0. The predicted molar refractivity (Wildman–Crippen MR) is 31.3 cm³/mol. The number of hydrogen-bond acceptors (Lipinski definition) is 3. The first-order chi connectivity index (χ1) is 5.16. The average Bonchev–Trinajstić information content (AvgIpc) is 2.01. The van der Waals surface area contributed by atoms with Gasteiger partial charge in [-0.05, 0) is 12.1 Å². The molecular weight excluding hydrogens is 158 g/mol. The fourth-order valence-corrected chi connectivity index (χ4v) is 0.592. The van der Waals surface area contributed by atoms with Crippen molar-refractivity contribution in [2.75, 3.05) is 0 Å². The molecule has 60 valence electrons. The van der Waals surface area contributed by atoms with Crippen molar-refractivity contribution in [1.82, 2.24) is 0 Å². The van der Waals surface area contributed by atoms with Crippen LogP contribution in [0, 0.1) is 11.6 Å². The molecule has 1 rings (SSSR count). The van der Waals surface area contributed by atoms with Crippen molar-refractivity contribution in [3.63, 3.8) is 0 Å². The highest BCUT2D eigenvalue weighted by atomic mass is 19.2. The van der Waals surface area contributed by atoms with E-state index in [-0.39, 0.29) is 0 Å². The van der Waals surface area contributed by atoms with Crippen LogP contribution in [0.25, 0.3) is 0 Å². The minimum Gasteiger partial charge on any atom is -0.505 e. The molecule has 0 aliphatic carbocycles. The van der Waals surface area contributed by atoms with Gasteiger partial charge in [0.05, 0.1) is 0 Å². The van der Waals surface area contributed by atoms with Crippen LogP contribution >= 0.6 is 0 Å². The van der Waals surface area contributed by atoms with Crippen molar-refractivity contribution in [2.24, 2.45) is 0 Å². The minimum absolute atomic E-state index is 0.666. The molecule has 2 N–H and O–H groups in total. The van der Waals surface area contributed by atoms with Crippen molar-refractivity contribution in [3.8, 4) is 11.5 Å². The van der Waals surface area contributed by atoms with Gasteiger partial charge in [0.1, 0.15) is 0 Å². The second-order valence-electron chi connectivity index (χ2n) is 1.80. The Morgan fingerprint density at radius 1 is 1.18 bits per heavy atom. The summed E-state index contributed by atoms with van der Waals surface area (Å²) in [5.74, 6) is -4.37. The van der Waals surface area contributed by atoms with Crippen LogP contribution in [0.4, 0.5) is 8.78 Å². The summed E-state index contributed by atoms with van der Waals surface area (Å²) in [7, 11) is 0. The lowest BCUT2D eigenvalue weighted by atomic mass is 10.3. The van der Waals surface area contributed by atoms with E-state index in [4.69, 9.17) is 10.4 Å². The lowest BCUT2D eigenvalue weighted by Gasteiger charge is -1.99. The van der Waals surface area contributed by atoms with E-state index in [0.29, 0.717) is 0 Å². The zero-order valence-corrected chi connectivity index (χ0v) is 5.21. The third-order valence-corrected chi connectivity index (χ3v) is 1.12. The third-order valence-electron chi connectivity index (χ3n) is 1.12. The maximum absolute atomic E-state index is 12.4. The van der Waals surface area contributed by atoms with E-state index in [1.165, 1.54) is 0 Å². The number of phenols is 1. The van der Waals surface area contributed by atoms with Crippen molar-refractivity contribution < 1.29 is 24.0 Å². The SMILES string of the molecule is OOc1ccc(O)c(F)c1F. The molecule has 0 fully saturated rings. The lowest BCUT2D eigenvalue weighted by Crippen LogP contribution is -1.92. The molecule has 1 aromatic carbocycles. The van der Waals surface area contributed by atoms with Crippen molar-refractivity contribution in [1.29, 1.82) is 0 Å². The van der Waals surface area contributed by atoms with Gasteiger partial charge in [-0.25, -0.2) is 5.26 Å². The molecule has 1 aromatic rings. The van der Waals surface area contributed by atoms with Crippen LogP contribution in [-0.2, 0) is 0 Å². The lowest BCUT2D eigenvalue weighted by molar-refractivity contribution is -0.140. The van der Waals surface area contributed by atoms with Gasteiger partial charge in [-0.3, -0.25) is 0 Å². The second kappa shape index (κ2) is 2.71. The van der Waals surface area contributed by atoms with E-state index in [9.17, 15) is 8.78 Å². The molecule has 0 atom stereocenters. The van der Waals surface area contributed by atoms with Crippen LogP contribution in [0.15, 0.2) is 12.1 Å². The summed E-state index contributed by atoms with van der Waals surface area (Å²) in [4.78, 5) is 3.45. The van der Waals surface area contributed by atoms with Crippen molar-refractivity contribution in [2.45, 2.75) is 0 Å². The first kappa shape index (κ1) is 7.74. The van der Waals surface area contributed by atoms with Crippen molar-refractivity contribution in [3.05, 3.63) is 23.8 Å². The van der Waals surface area contributed by atoms with Crippen molar-refractivity contribution >= 4 is 0 Å². The van der Waals surface area contributed by atoms with E-state index < -0.39 is 23.1 Å². The van der Waals surface area contributed by atoms with E-state index in [2.05, 4.69) is 4.89 Å². The molecule has 0 aliphatic heterocycles. The van der Waals surface area contributed by atoms with E-state index in [1.54, 1.807) is 0 Å². The smallest absolute Gasteiger partial charge is 0.208 e. The van der Waals surface area contributed by atoms with E-state index >= 15 is 0 Å². The van der Waals surface area contributed by atoms with Crippen LogP contribution in [0.5, 0.6) is 11.5 Å². The maximum Gasteiger partial charge on any atom is 0.208 e. The largest absolute Gasteiger partial charge is 0.505 e. The Balaban J connectivity index is 3.25. The summed E-state index contributed by atoms with van der Waals surface area (Å²) in [6.45, 7) is 0. The van der Waals surface area contributed by atoms with Gasteiger partial charge in [0, 0.05) is 0 Å². The molecule has 0 saturated heterocycles. The molecule has 3 nitrogen and oxygen atoms in total. The normalized spacial score (nSPS) is 9.73. The number of aromatic hydroxyl groups is 1. The zero-order chi connectivity index (χ0) is 8.43. The van der Waals surface area contributed by atoms with Gasteiger partial charge in [0.15, 0.2) is 5.75 Å². The molecule has 0 amide bonds. The van der Waals surface area contributed by atoms with Crippen LogP contribution < -0.4 is 4.89 Å². The molecule has 0 saturated carbocycles. The molecule has 0 aromatic heterocycles. The molecule has 0 spiro atoms. The van der Waals surface area contributed by atoms with Crippen LogP contribution in [0.1, 0.15) is 0 Å². The Bertz CT molecular complexity index is 275. The Labute approximate surface area is 60.4 Å². The quantitative estimate of drug-likeness (QED) is 0.486. The summed E-state index contributed by atoms with van der Waals surface area (Å²) < 4.78 is 24.8. The fourth-order valence-electron chi connectivity index (χ4n) is 0.592. The first-order valence-corrected chi connectivity index (χ1v) is 2.65. The molecule has 0 heterocycles. The average molecular weight is 162 g/mol. The number of hydrogen-bond donors (Lipinski definition) is 2. The highest BCUT2D eigenvalue weighted by Crippen LogP contribution is 2.25. The van der Waals surface area contributed by atoms with Crippen LogP contribution in [0.3, 0.4) is 0 Å². The molecule has 0 radical (unpaired) electrons. The molecule has 0 bridgehead atoms. The molecule has 0 aliphatic rings. The molecule has 11 heavy (non-hydrogen) atoms. The zero-order valence-electron chi connectivity index (χ0n) is 5.21. The molecule has 5 heteroatoms. The summed E-state index contributed by atoms with van der Waals surface area (Å²) in [6.07, 6.45) is 0. The number of benzene rings is 1. The Morgan fingerprint density at radius 2 is 1.82 bits per heavy atom. The topological polar surface area (TPSA) is 49.7 Å². The van der Waals surface area contributed by atoms with Gasteiger partial charge in [-0.1, -0.05) is 0 Å². The molecule has 0 unspecified atom stereocenters. The van der Waals surface area contributed by atoms with Gasteiger partial charge in [0.25, 0.3) is 0 Å². The van der Waals surface area contributed by atoms with Gasteiger partial charge >= 0.3 is 0 Å². The van der Waals surface area contributed by atoms with Gasteiger partial charge < -0.3 is 9.99 Å².